The van der Waals surface area contributed by atoms with Gasteiger partial charge < -0.3 is 4.90 Å². The standard InChI is InChI=1S/C24H12Cl5FN2O3/c1-9-2-7-12(8-13(9)25)31-20(10-3-5-11(30)6-4-10)21(24(31)35)32-22(33)14-15(23(32)34)17(27)19(29)18(28)16(14)26/h2-8,20-21H,1H3. The SMILES string of the molecule is Cc1ccc(N2C(=O)C(N3C(=O)c4c(Cl)c(Cl)c(Cl)c(Cl)c4C3=O)C2c2ccc(F)cc2)cc1Cl. The Kier molecular flexibility index (Phi) is 6.01. The lowest BCUT2D eigenvalue weighted by Crippen LogP contribution is -2.67. The molecule has 2 heterocycles. The molecule has 178 valence electrons. The van der Waals surface area contributed by atoms with Crippen LogP contribution in [0.2, 0.25) is 25.1 Å². The predicted octanol–water partition coefficient (Wildman–Crippen LogP) is 7.15. The van der Waals surface area contributed by atoms with Crippen molar-refractivity contribution in [2.75, 3.05) is 4.90 Å². The van der Waals surface area contributed by atoms with Crippen LogP contribution in [0, 0.1) is 12.7 Å². The van der Waals surface area contributed by atoms with E-state index in [2.05, 4.69) is 0 Å². The third kappa shape index (κ3) is 3.54. The number of carbonyl (C=O) groups excluding carboxylic acids is 3. The molecule has 0 N–H and O–H groups in total. The van der Waals surface area contributed by atoms with Crippen LogP contribution in [0.5, 0.6) is 0 Å². The molecule has 2 unspecified atom stereocenters. The number of benzene rings is 3. The Morgan fingerprint density at radius 1 is 0.714 bits per heavy atom. The van der Waals surface area contributed by atoms with Gasteiger partial charge >= 0.3 is 0 Å². The third-order valence-electron chi connectivity index (χ3n) is 6.12. The van der Waals surface area contributed by atoms with Crippen LogP contribution in [0.25, 0.3) is 0 Å². The molecule has 3 amide bonds. The zero-order chi connectivity index (χ0) is 25.3. The molecule has 3 aromatic rings. The summed E-state index contributed by atoms with van der Waals surface area (Å²) in [6.45, 7) is 1.81. The van der Waals surface area contributed by atoms with Gasteiger partial charge in [-0.2, -0.15) is 0 Å². The van der Waals surface area contributed by atoms with Crippen molar-refractivity contribution in [3.63, 3.8) is 0 Å². The molecule has 0 saturated carbocycles. The van der Waals surface area contributed by atoms with E-state index in [0.29, 0.717) is 16.3 Å². The van der Waals surface area contributed by atoms with Gasteiger partial charge in [0.25, 0.3) is 17.7 Å². The molecular formula is C24H12Cl5FN2O3. The van der Waals surface area contributed by atoms with Crippen molar-refractivity contribution in [1.29, 1.82) is 0 Å². The van der Waals surface area contributed by atoms with Crippen molar-refractivity contribution < 1.29 is 18.8 Å². The fourth-order valence-corrected chi connectivity index (χ4v) is 5.54. The van der Waals surface area contributed by atoms with Crippen LogP contribution in [0.1, 0.15) is 37.9 Å². The number of halogens is 6. The van der Waals surface area contributed by atoms with Crippen molar-refractivity contribution in [3.8, 4) is 0 Å². The van der Waals surface area contributed by atoms with Gasteiger partial charge in [-0.05, 0) is 42.3 Å². The molecule has 0 aliphatic carbocycles. The van der Waals surface area contributed by atoms with Gasteiger partial charge in [0.15, 0.2) is 0 Å². The van der Waals surface area contributed by atoms with Crippen LogP contribution in [0.4, 0.5) is 10.1 Å². The van der Waals surface area contributed by atoms with Gasteiger partial charge in [0.05, 0.1) is 37.3 Å². The molecule has 11 heteroatoms. The molecule has 5 nitrogen and oxygen atoms in total. The molecular weight excluding hydrogens is 561 g/mol. The van der Waals surface area contributed by atoms with Crippen LogP contribution in [0.15, 0.2) is 42.5 Å². The number of hydrogen-bond donors (Lipinski definition) is 0. The first-order valence-corrected chi connectivity index (χ1v) is 12.0. The molecule has 0 bridgehead atoms. The van der Waals surface area contributed by atoms with Crippen LogP contribution in [-0.4, -0.2) is 28.7 Å². The summed E-state index contributed by atoms with van der Waals surface area (Å²) in [6, 6.07) is 8.38. The number of amides is 3. The number of rotatable bonds is 3. The maximum Gasteiger partial charge on any atom is 0.264 e. The maximum atomic E-state index is 13.7. The molecule has 3 aromatic carbocycles. The Balaban J connectivity index is 1.64. The summed E-state index contributed by atoms with van der Waals surface area (Å²) >= 11 is 31.0. The number of nitrogens with zero attached hydrogens (tertiary/aromatic N) is 2. The fraction of sp³-hybridized carbons (Fsp3) is 0.125. The number of β-lactam (4-membered cyclic amide) rings is 1. The molecule has 35 heavy (non-hydrogen) atoms. The van der Waals surface area contributed by atoms with E-state index in [4.69, 9.17) is 58.0 Å². The fourth-order valence-electron chi connectivity index (χ4n) is 4.36. The second-order valence-electron chi connectivity index (χ2n) is 8.07. The lowest BCUT2D eigenvalue weighted by Gasteiger charge is -2.49. The highest BCUT2D eigenvalue weighted by Gasteiger charge is 2.58. The topological polar surface area (TPSA) is 57.7 Å². The van der Waals surface area contributed by atoms with Crippen LogP contribution in [0.3, 0.4) is 0 Å². The largest absolute Gasteiger partial charge is 0.300 e. The number of anilines is 1. The van der Waals surface area contributed by atoms with E-state index in [1.807, 2.05) is 6.92 Å². The van der Waals surface area contributed by atoms with Crippen molar-refractivity contribution in [3.05, 3.63) is 95.6 Å². The minimum Gasteiger partial charge on any atom is -0.300 e. The number of imide groups is 1. The zero-order valence-corrected chi connectivity index (χ0v) is 21.4. The smallest absolute Gasteiger partial charge is 0.264 e. The molecule has 0 spiro atoms. The first kappa shape index (κ1) is 24.3. The Hall–Kier alpha value is -2.35. The van der Waals surface area contributed by atoms with E-state index < -0.39 is 35.6 Å². The predicted molar refractivity (Wildman–Crippen MR) is 134 cm³/mol. The van der Waals surface area contributed by atoms with Gasteiger partial charge in [-0.25, -0.2) is 4.39 Å². The van der Waals surface area contributed by atoms with E-state index in [9.17, 15) is 18.8 Å². The average molecular weight is 573 g/mol. The number of aryl methyl sites for hydroxylation is 1. The van der Waals surface area contributed by atoms with Gasteiger partial charge in [0.1, 0.15) is 11.9 Å². The second kappa shape index (κ2) is 8.64. The quantitative estimate of drug-likeness (QED) is 0.145. The van der Waals surface area contributed by atoms with Crippen molar-refractivity contribution in [2.24, 2.45) is 0 Å². The van der Waals surface area contributed by atoms with Crippen molar-refractivity contribution in [2.45, 2.75) is 19.0 Å². The minimum atomic E-state index is -1.25. The summed E-state index contributed by atoms with van der Waals surface area (Å²) in [7, 11) is 0. The highest BCUT2D eigenvalue weighted by atomic mass is 35.5. The van der Waals surface area contributed by atoms with Crippen molar-refractivity contribution in [1.82, 2.24) is 4.90 Å². The van der Waals surface area contributed by atoms with E-state index in [1.165, 1.54) is 29.2 Å². The van der Waals surface area contributed by atoms with E-state index in [1.54, 1.807) is 18.2 Å². The third-order valence-corrected chi connectivity index (χ3v) is 8.33. The van der Waals surface area contributed by atoms with Gasteiger partial charge in [-0.1, -0.05) is 76.2 Å². The molecule has 1 fully saturated rings. The second-order valence-corrected chi connectivity index (χ2v) is 9.99. The summed E-state index contributed by atoms with van der Waals surface area (Å²) in [5, 5.41) is -0.384. The number of hydrogen-bond acceptors (Lipinski definition) is 3. The van der Waals surface area contributed by atoms with Crippen molar-refractivity contribution >= 4 is 81.4 Å². The normalized spacial score (nSPS) is 19.3. The summed E-state index contributed by atoms with van der Waals surface area (Å²) in [4.78, 5) is 42.5. The van der Waals surface area contributed by atoms with Crippen LogP contribution >= 0.6 is 58.0 Å². The molecule has 2 aliphatic heterocycles. The maximum absolute atomic E-state index is 13.7. The molecule has 0 radical (unpaired) electrons. The first-order valence-electron chi connectivity index (χ1n) is 10.1. The monoisotopic (exact) mass is 570 g/mol. The molecule has 2 aliphatic rings. The Labute approximate surface area is 223 Å². The van der Waals surface area contributed by atoms with E-state index in [-0.39, 0.29) is 31.2 Å². The number of fused-ring (bicyclic) bond motifs is 1. The zero-order valence-electron chi connectivity index (χ0n) is 17.6. The van der Waals surface area contributed by atoms with Gasteiger partial charge in [-0.15, -0.1) is 0 Å². The van der Waals surface area contributed by atoms with Crippen LogP contribution in [-0.2, 0) is 4.79 Å². The highest BCUT2D eigenvalue weighted by Crippen LogP contribution is 2.49. The first-order chi connectivity index (χ1) is 16.5. The number of carbonyl (C=O) groups is 3. The molecule has 0 aromatic heterocycles. The van der Waals surface area contributed by atoms with Gasteiger partial charge in [0, 0.05) is 10.7 Å². The lowest BCUT2D eigenvalue weighted by molar-refractivity contribution is -0.130. The molecule has 5 rings (SSSR count). The minimum absolute atomic E-state index is 0.175. The van der Waals surface area contributed by atoms with Gasteiger partial charge in [-0.3, -0.25) is 19.3 Å². The van der Waals surface area contributed by atoms with Gasteiger partial charge in [0.2, 0.25) is 0 Å². The Morgan fingerprint density at radius 2 is 1.26 bits per heavy atom. The molecule has 2 atom stereocenters. The summed E-state index contributed by atoms with van der Waals surface area (Å²) in [5.41, 5.74) is 1.31. The lowest BCUT2D eigenvalue weighted by atomic mass is 9.86. The van der Waals surface area contributed by atoms with E-state index in [0.717, 1.165) is 10.5 Å². The Morgan fingerprint density at radius 3 is 1.77 bits per heavy atom. The summed E-state index contributed by atoms with van der Waals surface area (Å²) in [5.74, 6) is -2.69. The average Bonchev–Trinajstić information content (AvgIpc) is 3.08. The Bertz CT molecular complexity index is 1410. The van der Waals surface area contributed by atoms with Crippen LogP contribution < -0.4 is 4.90 Å². The van der Waals surface area contributed by atoms with E-state index >= 15 is 0 Å². The summed E-state index contributed by atoms with van der Waals surface area (Å²) < 4.78 is 13.7. The molecule has 1 saturated heterocycles. The highest BCUT2D eigenvalue weighted by molar-refractivity contribution is 6.55. The summed E-state index contributed by atoms with van der Waals surface area (Å²) in [6.07, 6.45) is 0.